The van der Waals surface area contributed by atoms with E-state index in [9.17, 15) is 8.42 Å². The van der Waals surface area contributed by atoms with Crippen LogP contribution in [0.5, 0.6) is 0 Å². The van der Waals surface area contributed by atoms with Crippen molar-refractivity contribution < 1.29 is 8.42 Å². The molecule has 3 aromatic heterocycles. The average molecular weight is 384 g/mol. The number of pyridine rings is 1. The molecule has 27 heavy (non-hydrogen) atoms. The van der Waals surface area contributed by atoms with Crippen molar-refractivity contribution in [2.24, 2.45) is 0 Å². The Bertz CT molecular complexity index is 1060. The molecule has 0 radical (unpaired) electrons. The van der Waals surface area contributed by atoms with Gasteiger partial charge in [-0.2, -0.15) is 5.10 Å². The molecular weight excluding hydrogens is 364 g/mol. The van der Waals surface area contributed by atoms with Crippen molar-refractivity contribution in [2.75, 3.05) is 17.3 Å². The van der Waals surface area contributed by atoms with Gasteiger partial charge in [0.25, 0.3) is 0 Å². The molecule has 0 atom stereocenters. The Morgan fingerprint density at radius 1 is 1.22 bits per heavy atom. The minimum absolute atomic E-state index is 0.0577. The van der Waals surface area contributed by atoms with Gasteiger partial charge in [-0.05, 0) is 31.4 Å². The van der Waals surface area contributed by atoms with Gasteiger partial charge in [0.15, 0.2) is 5.82 Å². The zero-order valence-electron chi connectivity index (χ0n) is 15.0. The van der Waals surface area contributed by atoms with Crippen LogP contribution in [0.1, 0.15) is 17.7 Å². The molecule has 0 saturated heterocycles. The lowest BCUT2D eigenvalue weighted by molar-refractivity contribution is 0.586. The number of sulfone groups is 1. The highest BCUT2D eigenvalue weighted by atomic mass is 32.2. The Morgan fingerprint density at radius 3 is 2.89 bits per heavy atom. The van der Waals surface area contributed by atoms with E-state index in [0.717, 1.165) is 47.6 Å². The molecule has 0 aliphatic heterocycles. The maximum absolute atomic E-state index is 11.3. The number of hydrogen-bond acceptors (Lipinski definition) is 7. The van der Waals surface area contributed by atoms with Crippen molar-refractivity contribution in [3.8, 4) is 11.4 Å². The van der Waals surface area contributed by atoms with Crippen LogP contribution in [0.2, 0.25) is 0 Å². The molecule has 0 saturated carbocycles. The van der Waals surface area contributed by atoms with Crippen LogP contribution in [0.3, 0.4) is 0 Å². The molecule has 0 spiro atoms. The Labute approximate surface area is 157 Å². The molecule has 8 nitrogen and oxygen atoms in total. The second-order valence-corrected chi connectivity index (χ2v) is 8.92. The number of nitrogens with one attached hydrogen (secondary N) is 1. The molecule has 3 heterocycles. The monoisotopic (exact) mass is 384 g/mol. The molecule has 4 rings (SSSR count). The third-order valence-electron chi connectivity index (χ3n) is 4.44. The number of aromatic nitrogens is 5. The fourth-order valence-corrected chi connectivity index (χ4v) is 3.63. The lowest BCUT2D eigenvalue weighted by atomic mass is 10.2. The maximum Gasteiger partial charge on any atom is 0.163 e. The zero-order chi connectivity index (χ0) is 18.9. The van der Waals surface area contributed by atoms with Crippen molar-refractivity contribution in [3.05, 3.63) is 48.2 Å². The molecule has 1 aliphatic carbocycles. The summed E-state index contributed by atoms with van der Waals surface area (Å²) in [4.78, 5) is 13.6. The minimum Gasteiger partial charge on any atom is -0.337 e. The summed E-state index contributed by atoms with van der Waals surface area (Å²) in [5.74, 6) is 1.48. The molecule has 9 heteroatoms. The number of fused-ring (bicyclic) bond motifs is 1. The highest BCUT2D eigenvalue weighted by Crippen LogP contribution is 2.30. The molecular formula is C18H20N6O2S. The summed E-state index contributed by atoms with van der Waals surface area (Å²) < 4.78 is 24.3. The summed E-state index contributed by atoms with van der Waals surface area (Å²) in [6.07, 6.45) is 11.1. The quantitative estimate of drug-likeness (QED) is 0.693. The van der Waals surface area contributed by atoms with Gasteiger partial charge in [-0.15, -0.1) is 0 Å². The summed E-state index contributed by atoms with van der Waals surface area (Å²) in [5.41, 5.74) is 3.84. The standard InChI is InChI=1S/C18H20N6O2S/c1-27(25,26)9-8-24-12-14(11-20-24)21-18-15-5-2-6-16(15)22-17(23-18)13-4-3-7-19-10-13/h3-4,7,10-12H,2,5-6,8-9H2,1H3,(H,21,22,23). The van der Waals surface area contributed by atoms with Gasteiger partial charge in [-0.3, -0.25) is 9.67 Å². The number of aryl methyl sites for hydroxylation is 2. The molecule has 0 bridgehead atoms. The maximum atomic E-state index is 11.3. The second-order valence-electron chi connectivity index (χ2n) is 6.66. The molecule has 1 aliphatic rings. The first-order chi connectivity index (χ1) is 13.0. The number of anilines is 2. The van der Waals surface area contributed by atoms with Gasteiger partial charge < -0.3 is 5.32 Å². The number of rotatable bonds is 6. The van der Waals surface area contributed by atoms with Crippen LogP contribution in [0.25, 0.3) is 11.4 Å². The van der Waals surface area contributed by atoms with Crippen LogP contribution in [-0.4, -0.2) is 45.2 Å². The first kappa shape index (κ1) is 17.6. The molecule has 0 fully saturated rings. The molecule has 0 unspecified atom stereocenters. The smallest absolute Gasteiger partial charge is 0.163 e. The van der Waals surface area contributed by atoms with Gasteiger partial charge in [0.05, 0.1) is 24.2 Å². The van der Waals surface area contributed by atoms with E-state index in [1.54, 1.807) is 29.5 Å². The summed E-state index contributed by atoms with van der Waals surface area (Å²) in [6.45, 7) is 0.323. The molecule has 140 valence electrons. The van der Waals surface area contributed by atoms with Gasteiger partial charge in [-0.1, -0.05) is 0 Å². The van der Waals surface area contributed by atoms with Crippen LogP contribution in [0.4, 0.5) is 11.5 Å². The summed E-state index contributed by atoms with van der Waals surface area (Å²) in [6, 6.07) is 3.81. The molecule has 0 amide bonds. The largest absolute Gasteiger partial charge is 0.337 e. The van der Waals surface area contributed by atoms with Gasteiger partial charge in [0, 0.05) is 41.7 Å². The number of hydrogen-bond donors (Lipinski definition) is 1. The predicted octanol–water partition coefficient (Wildman–Crippen LogP) is 2.01. The summed E-state index contributed by atoms with van der Waals surface area (Å²) in [7, 11) is -3.02. The van der Waals surface area contributed by atoms with Gasteiger partial charge in [0.1, 0.15) is 15.7 Å². The predicted molar refractivity (Wildman–Crippen MR) is 103 cm³/mol. The third kappa shape index (κ3) is 4.13. The minimum atomic E-state index is -3.02. The van der Waals surface area contributed by atoms with Crippen molar-refractivity contribution in [1.29, 1.82) is 0 Å². The van der Waals surface area contributed by atoms with E-state index in [2.05, 4.69) is 15.4 Å². The van der Waals surface area contributed by atoms with Crippen molar-refractivity contribution in [3.63, 3.8) is 0 Å². The lowest BCUT2D eigenvalue weighted by Crippen LogP contribution is -2.11. The highest BCUT2D eigenvalue weighted by molar-refractivity contribution is 7.90. The van der Waals surface area contributed by atoms with Crippen LogP contribution < -0.4 is 5.32 Å². The van der Waals surface area contributed by atoms with E-state index in [4.69, 9.17) is 9.97 Å². The average Bonchev–Trinajstić information content (AvgIpc) is 3.29. The van der Waals surface area contributed by atoms with Gasteiger partial charge in [0.2, 0.25) is 0 Å². The van der Waals surface area contributed by atoms with Crippen LogP contribution in [0, 0.1) is 0 Å². The third-order valence-corrected chi connectivity index (χ3v) is 5.36. The van der Waals surface area contributed by atoms with E-state index in [1.807, 2.05) is 12.1 Å². The topological polar surface area (TPSA) is 103 Å². The molecule has 3 aromatic rings. The normalized spacial score (nSPS) is 13.5. The first-order valence-corrected chi connectivity index (χ1v) is 10.8. The van der Waals surface area contributed by atoms with Crippen molar-refractivity contribution in [1.82, 2.24) is 24.7 Å². The SMILES string of the molecule is CS(=O)(=O)CCn1cc(Nc2nc(-c3cccnc3)nc3c2CCC3)cn1. The fourth-order valence-electron chi connectivity index (χ4n) is 3.11. The van der Waals surface area contributed by atoms with E-state index in [-0.39, 0.29) is 5.75 Å². The summed E-state index contributed by atoms with van der Waals surface area (Å²) >= 11 is 0. The summed E-state index contributed by atoms with van der Waals surface area (Å²) in [5, 5.41) is 7.55. The fraction of sp³-hybridized carbons (Fsp3) is 0.333. The molecule has 1 N–H and O–H groups in total. The molecule has 0 aromatic carbocycles. The zero-order valence-corrected chi connectivity index (χ0v) is 15.8. The van der Waals surface area contributed by atoms with Crippen LogP contribution in [0.15, 0.2) is 36.9 Å². The first-order valence-electron chi connectivity index (χ1n) is 8.75. The Kier molecular flexibility index (Phi) is 4.61. The van der Waals surface area contributed by atoms with Crippen LogP contribution >= 0.6 is 0 Å². The Hall–Kier alpha value is -2.81. The van der Waals surface area contributed by atoms with E-state index in [1.165, 1.54) is 6.26 Å². The van der Waals surface area contributed by atoms with Gasteiger partial charge >= 0.3 is 0 Å². The van der Waals surface area contributed by atoms with Gasteiger partial charge in [-0.25, -0.2) is 18.4 Å². The Balaban J connectivity index is 1.61. The van der Waals surface area contributed by atoms with Crippen molar-refractivity contribution in [2.45, 2.75) is 25.8 Å². The lowest BCUT2D eigenvalue weighted by Gasteiger charge is -2.11. The van der Waals surface area contributed by atoms with E-state index < -0.39 is 9.84 Å². The Morgan fingerprint density at radius 2 is 2.11 bits per heavy atom. The van der Waals surface area contributed by atoms with E-state index in [0.29, 0.717) is 12.4 Å². The van der Waals surface area contributed by atoms with E-state index >= 15 is 0 Å². The number of nitrogens with zero attached hydrogens (tertiary/aromatic N) is 5. The highest BCUT2D eigenvalue weighted by Gasteiger charge is 2.20. The van der Waals surface area contributed by atoms with Crippen LogP contribution in [-0.2, 0) is 29.2 Å². The second kappa shape index (κ2) is 7.07. The van der Waals surface area contributed by atoms with Crippen molar-refractivity contribution >= 4 is 21.3 Å².